The first-order chi connectivity index (χ1) is 34.2. The Bertz CT molecular complexity index is 3690. The fourth-order valence-corrected chi connectivity index (χ4v) is 16.6. The molecule has 1 aliphatic carbocycles. The van der Waals surface area contributed by atoms with Crippen LogP contribution in [0, 0.1) is 0 Å². The van der Waals surface area contributed by atoms with Crippen LogP contribution in [0.2, 0.25) is 0 Å². The van der Waals surface area contributed by atoms with Crippen LogP contribution in [0.5, 0.6) is 0 Å². The van der Waals surface area contributed by atoms with Gasteiger partial charge in [-0.25, -0.2) is 0 Å². The summed E-state index contributed by atoms with van der Waals surface area (Å²) in [7, 11) is -1.44. The molecule has 0 atom stereocenters. The molecule has 0 amide bonds. The van der Waals surface area contributed by atoms with E-state index in [0.29, 0.717) is 0 Å². The first-order valence-corrected chi connectivity index (χ1v) is 26.2. The molecule has 3 aliphatic rings. The second kappa shape index (κ2) is 15.8. The van der Waals surface area contributed by atoms with E-state index in [-0.39, 0.29) is 0 Å². The topological polar surface area (TPSA) is 3.24 Å². The van der Waals surface area contributed by atoms with Gasteiger partial charge in [-0.1, -0.05) is 241 Å². The highest BCUT2D eigenvalue weighted by atomic mass is 32.2. The molecule has 0 saturated heterocycles. The molecule has 11 aromatic carbocycles. The van der Waals surface area contributed by atoms with Gasteiger partial charge in [0.25, 0.3) is 0 Å². The zero-order valence-corrected chi connectivity index (χ0v) is 39.6. The first-order valence-electron chi connectivity index (χ1n) is 23.9. The number of anilines is 3. The molecule has 2 heterocycles. The SMILES string of the molecule is c1ccc([Si]2c3ccccc3C3(c4ccccc4Sc4ccccc43)c3cc(N(c4ccc(C5(c6ccccc6)c6ccccc6-c6ccccc65)cc4)c4cccc5ccccc45)ccc32)cc1. The maximum absolute atomic E-state index is 2.58. The summed E-state index contributed by atoms with van der Waals surface area (Å²) in [6.45, 7) is 0. The van der Waals surface area contributed by atoms with Crippen LogP contribution in [0.1, 0.15) is 44.5 Å². The third-order valence-electron chi connectivity index (χ3n) is 15.1. The highest BCUT2D eigenvalue weighted by Crippen LogP contribution is 2.58. The zero-order chi connectivity index (χ0) is 45.5. The maximum Gasteiger partial charge on any atom is 0.155 e. The molecule has 11 aromatic rings. The van der Waals surface area contributed by atoms with Gasteiger partial charge >= 0.3 is 0 Å². The number of hydrogen-bond acceptors (Lipinski definition) is 2. The Morgan fingerprint density at radius 2 is 0.841 bits per heavy atom. The molecular weight excluding hydrogens is 867 g/mol. The third kappa shape index (κ3) is 5.78. The summed E-state index contributed by atoms with van der Waals surface area (Å²) in [5, 5.41) is 6.70. The standard InChI is InChI=1S/C66H44NSSi/c1-3-22-46(23-4-1)65(54-29-11-9-27-52(54)53-28-10-12-30-55(53)65)47-38-40-48(41-39-47)67(60-34-19-21-45-20-7-8-26-51(45)60)49-42-43-64-59(44-49)66(56-31-13-16-35-61(56)68-62-36-17-14-32-57(62)66)58-33-15-18-37-63(58)69(64)50-24-5-2-6-25-50/h1-44H. The van der Waals surface area contributed by atoms with Crippen molar-refractivity contribution in [2.75, 3.05) is 4.90 Å². The Morgan fingerprint density at radius 1 is 0.333 bits per heavy atom. The highest BCUT2D eigenvalue weighted by Gasteiger charge is 2.51. The van der Waals surface area contributed by atoms with Gasteiger partial charge in [0.1, 0.15) is 0 Å². The van der Waals surface area contributed by atoms with Gasteiger partial charge < -0.3 is 4.90 Å². The van der Waals surface area contributed by atoms with Gasteiger partial charge in [0.15, 0.2) is 8.80 Å². The molecule has 3 heteroatoms. The van der Waals surface area contributed by atoms with Crippen molar-refractivity contribution < 1.29 is 0 Å². The van der Waals surface area contributed by atoms with Gasteiger partial charge in [-0.2, -0.15) is 0 Å². The molecule has 0 bridgehead atoms. The van der Waals surface area contributed by atoms with Crippen LogP contribution < -0.4 is 20.5 Å². The van der Waals surface area contributed by atoms with Crippen molar-refractivity contribution in [3.05, 3.63) is 311 Å². The van der Waals surface area contributed by atoms with E-state index < -0.39 is 19.6 Å². The van der Waals surface area contributed by atoms with Crippen LogP contribution in [0.3, 0.4) is 0 Å². The lowest BCUT2D eigenvalue weighted by molar-refractivity contribution is 0.708. The van der Waals surface area contributed by atoms with Crippen molar-refractivity contribution in [2.45, 2.75) is 20.6 Å². The average Bonchev–Trinajstić information content (AvgIpc) is 3.73. The van der Waals surface area contributed by atoms with Crippen molar-refractivity contribution >= 4 is 64.0 Å². The lowest BCUT2D eigenvalue weighted by Gasteiger charge is -2.48. The van der Waals surface area contributed by atoms with Gasteiger partial charge in [-0.05, 0) is 114 Å². The summed E-state index contributed by atoms with van der Waals surface area (Å²) >= 11 is 1.90. The van der Waals surface area contributed by atoms with E-state index in [1.165, 1.54) is 91.8 Å². The first kappa shape index (κ1) is 40.1. The molecule has 69 heavy (non-hydrogen) atoms. The summed E-state index contributed by atoms with van der Waals surface area (Å²) in [5.74, 6) is 0. The van der Waals surface area contributed by atoms with Gasteiger partial charge in [-0.3, -0.25) is 0 Å². The molecule has 0 unspecified atom stereocenters. The predicted octanol–water partition coefficient (Wildman–Crippen LogP) is 14.3. The van der Waals surface area contributed by atoms with Crippen LogP contribution in [0.15, 0.2) is 277 Å². The van der Waals surface area contributed by atoms with Crippen molar-refractivity contribution in [1.29, 1.82) is 0 Å². The highest BCUT2D eigenvalue weighted by molar-refractivity contribution is 7.99. The number of hydrogen-bond donors (Lipinski definition) is 0. The second-order valence-electron chi connectivity index (χ2n) is 18.4. The van der Waals surface area contributed by atoms with Gasteiger partial charge in [0.2, 0.25) is 0 Å². The van der Waals surface area contributed by atoms with E-state index in [1.54, 1.807) is 0 Å². The van der Waals surface area contributed by atoms with Crippen molar-refractivity contribution in [3.8, 4) is 11.1 Å². The number of rotatable bonds is 6. The van der Waals surface area contributed by atoms with Crippen LogP contribution in [-0.4, -0.2) is 8.80 Å². The van der Waals surface area contributed by atoms with E-state index in [1.807, 2.05) is 11.8 Å². The molecule has 14 rings (SSSR count). The van der Waals surface area contributed by atoms with Crippen LogP contribution >= 0.6 is 11.8 Å². The maximum atomic E-state index is 2.58. The minimum absolute atomic E-state index is 0.488. The van der Waals surface area contributed by atoms with E-state index in [9.17, 15) is 0 Å². The largest absolute Gasteiger partial charge is 0.310 e. The Kier molecular flexibility index (Phi) is 9.20. The molecule has 1 radical (unpaired) electrons. The summed E-state index contributed by atoms with van der Waals surface area (Å²) in [4.78, 5) is 5.14. The number of benzene rings is 11. The van der Waals surface area contributed by atoms with Gasteiger partial charge in [0, 0.05) is 26.6 Å². The molecule has 323 valence electrons. The van der Waals surface area contributed by atoms with Gasteiger partial charge in [-0.15, -0.1) is 0 Å². The molecule has 2 aliphatic heterocycles. The third-order valence-corrected chi connectivity index (χ3v) is 19.1. The summed E-state index contributed by atoms with van der Waals surface area (Å²) < 4.78 is 0. The normalized spacial score (nSPS) is 14.5. The average molecular weight is 911 g/mol. The van der Waals surface area contributed by atoms with Crippen molar-refractivity contribution in [2.24, 2.45) is 0 Å². The fourth-order valence-electron chi connectivity index (χ4n) is 12.4. The Balaban J connectivity index is 1.04. The molecule has 1 nitrogen and oxygen atoms in total. The quantitative estimate of drug-likeness (QED) is 0.153. The second-order valence-corrected chi connectivity index (χ2v) is 21.9. The number of fused-ring (bicyclic) bond motifs is 12. The number of nitrogens with zero attached hydrogens (tertiary/aromatic N) is 1. The summed E-state index contributed by atoms with van der Waals surface area (Å²) in [6, 6.07) is 101. The molecule has 0 N–H and O–H groups in total. The smallest absolute Gasteiger partial charge is 0.155 e. The summed E-state index contributed by atoms with van der Waals surface area (Å²) in [6.07, 6.45) is 0. The molecule has 0 saturated carbocycles. The Labute approximate surface area is 409 Å². The minimum Gasteiger partial charge on any atom is -0.310 e. The van der Waals surface area contributed by atoms with E-state index >= 15 is 0 Å². The predicted molar refractivity (Wildman–Crippen MR) is 289 cm³/mol. The summed E-state index contributed by atoms with van der Waals surface area (Å²) in [5.41, 5.74) is 15.5. The lowest BCUT2D eigenvalue weighted by Crippen LogP contribution is -2.62. The van der Waals surface area contributed by atoms with Crippen molar-refractivity contribution in [1.82, 2.24) is 0 Å². The van der Waals surface area contributed by atoms with Crippen LogP contribution in [0.25, 0.3) is 21.9 Å². The molecular formula is C66H44NSSi. The fraction of sp³-hybridized carbons (Fsp3) is 0.0303. The van der Waals surface area contributed by atoms with E-state index in [0.717, 1.165) is 17.1 Å². The lowest BCUT2D eigenvalue weighted by atomic mass is 9.64. The zero-order valence-electron chi connectivity index (χ0n) is 37.8. The Morgan fingerprint density at radius 3 is 1.54 bits per heavy atom. The molecule has 0 fully saturated rings. The van der Waals surface area contributed by atoms with Crippen LogP contribution in [-0.2, 0) is 10.8 Å². The minimum atomic E-state index is -1.44. The van der Waals surface area contributed by atoms with Crippen molar-refractivity contribution in [3.63, 3.8) is 0 Å². The molecule has 0 aromatic heterocycles. The molecule has 1 spiro atoms. The van der Waals surface area contributed by atoms with E-state index in [2.05, 4.69) is 272 Å². The Hall–Kier alpha value is -7.95. The monoisotopic (exact) mass is 910 g/mol. The van der Waals surface area contributed by atoms with E-state index in [4.69, 9.17) is 0 Å². The van der Waals surface area contributed by atoms with Gasteiger partial charge in [0.05, 0.1) is 16.5 Å². The van der Waals surface area contributed by atoms with Crippen LogP contribution in [0.4, 0.5) is 17.1 Å².